The van der Waals surface area contributed by atoms with Crippen molar-refractivity contribution < 1.29 is 4.39 Å². The number of benzene rings is 1. The van der Waals surface area contributed by atoms with Crippen LogP contribution in [0.2, 0.25) is 0 Å². The number of nitrogens with one attached hydrogen (secondary N) is 1. The summed E-state index contributed by atoms with van der Waals surface area (Å²) in [5.41, 5.74) is 1.75. The normalized spacial score (nSPS) is 23.4. The zero-order chi connectivity index (χ0) is 14.7. The molecule has 0 spiro atoms. The Morgan fingerprint density at radius 2 is 2.15 bits per heavy atom. The van der Waals surface area contributed by atoms with Crippen LogP contribution in [0.4, 0.5) is 10.1 Å². The molecule has 1 heterocycles. The summed E-state index contributed by atoms with van der Waals surface area (Å²) < 4.78 is 14.4. The smallest absolute Gasteiger partial charge is 0.146 e. The van der Waals surface area contributed by atoms with Gasteiger partial charge in [-0.05, 0) is 24.6 Å². The molecule has 1 fully saturated rings. The van der Waals surface area contributed by atoms with Crippen molar-refractivity contribution >= 4 is 17.4 Å². The zero-order valence-corrected chi connectivity index (χ0v) is 13.6. The maximum Gasteiger partial charge on any atom is 0.146 e. The standard InChI is InChI=1S/C16H25FN2S/c1-11(2)18-10-14-5-6-16(15(17)9-14)19-7-8-20-13(4)12(19)3/h5-6,9,11-13,18H,7-8,10H2,1-4H3. The highest BCUT2D eigenvalue weighted by molar-refractivity contribution is 8.00. The second-order valence-corrected chi connectivity index (χ2v) is 7.32. The van der Waals surface area contributed by atoms with Crippen molar-refractivity contribution in [1.82, 2.24) is 5.32 Å². The minimum Gasteiger partial charge on any atom is -0.365 e. The van der Waals surface area contributed by atoms with Crippen LogP contribution in [0.3, 0.4) is 0 Å². The fraction of sp³-hybridized carbons (Fsp3) is 0.625. The van der Waals surface area contributed by atoms with Gasteiger partial charge in [0.15, 0.2) is 0 Å². The lowest BCUT2D eigenvalue weighted by Gasteiger charge is -2.39. The number of thioether (sulfide) groups is 1. The lowest BCUT2D eigenvalue weighted by molar-refractivity contribution is 0.570. The van der Waals surface area contributed by atoms with Crippen LogP contribution in [0, 0.1) is 5.82 Å². The monoisotopic (exact) mass is 296 g/mol. The van der Waals surface area contributed by atoms with Crippen molar-refractivity contribution in [3.8, 4) is 0 Å². The summed E-state index contributed by atoms with van der Waals surface area (Å²) in [5, 5.41) is 3.87. The molecule has 1 aliphatic heterocycles. The molecular weight excluding hydrogens is 271 g/mol. The Hall–Kier alpha value is -0.740. The van der Waals surface area contributed by atoms with Crippen LogP contribution in [0.5, 0.6) is 0 Å². The van der Waals surface area contributed by atoms with E-state index in [1.807, 2.05) is 23.9 Å². The topological polar surface area (TPSA) is 15.3 Å². The van der Waals surface area contributed by atoms with Gasteiger partial charge in [-0.3, -0.25) is 0 Å². The van der Waals surface area contributed by atoms with Gasteiger partial charge in [-0.25, -0.2) is 4.39 Å². The van der Waals surface area contributed by atoms with Gasteiger partial charge in [0.25, 0.3) is 0 Å². The maximum atomic E-state index is 14.4. The highest BCUT2D eigenvalue weighted by Gasteiger charge is 2.26. The van der Waals surface area contributed by atoms with Gasteiger partial charge in [-0.2, -0.15) is 11.8 Å². The minimum atomic E-state index is -0.0981. The third-order valence-electron chi connectivity index (χ3n) is 3.92. The van der Waals surface area contributed by atoms with E-state index in [0.29, 0.717) is 17.3 Å². The first-order valence-electron chi connectivity index (χ1n) is 7.39. The Morgan fingerprint density at radius 3 is 2.80 bits per heavy atom. The van der Waals surface area contributed by atoms with Gasteiger partial charge >= 0.3 is 0 Å². The van der Waals surface area contributed by atoms with Gasteiger partial charge in [0, 0.05) is 36.2 Å². The number of nitrogens with zero attached hydrogens (tertiary/aromatic N) is 1. The van der Waals surface area contributed by atoms with Gasteiger partial charge in [0.2, 0.25) is 0 Å². The Kier molecular flexibility index (Phi) is 5.33. The highest BCUT2D eigenvalue weighted by atomic mass is 32.2. The van der Waals surface area contributed by atoms with Crippen LogP contribution in [0.25, 0.3) is 0 Å². The SMILES string of the molecule is CC(C)NCc1ccc(N2CCSC(C)C2C)c(F)c1. The van der Waals surface area contributed by atoms with Crippen LogP contribution < -0.4 is 10.2 Å². The van der Waals surface area contributed by atoms with Crippen LogP contribution in [0.1, 0.15) is 33.3 Å². The molecule has 1 aromatic carbocycles. The molecule has 2 unspecified atom stereocenters. The van der Waals surface area contributed by atoms with Gasteiger partial charge < -0.3 is 10.2 Å². The molecule has 0 saturated carbocycles. The summed E-state index contributed by atoms with van der Waals surface area (Å²) in [6.07, 6.45) is 0. The molecular formula is C16H25FN2S. The van der Waals surface area contributed by atoms with E-state index in [1.54, 1.807) is 6.07 Å². The van der Waals surface area contributed by atoms with E-state index in [9.17, 15) is 4.39 Å². The van der Waals surface area contributed by atoms with Gasteiger partial charge in [-0.1, -0.05) is 26.8 Å². The van der Waals surface area contributed by atoms with Crippen molar-refractivity contribution in [3.63, 3.8) is 0 Å². The van der Waals surface area contributed by atoms with Crippen molar-refractivity contribution in [2.24, 2.45) is 0 Å². The van der Waals surface area contributed by atoms with Gasteiger partial charge in [-0.15, -0.1) is 0 Å². The molecule has 1 aliphatic rings. The van der Waals surface area contributed by atoms with E-state index in [0.717, 1.165) is 30.1 Å². The zero-order valence-electron chi connectivity index (χ0n) is 12.8. The molecule has 1 aromatic rings. The van der Waals surface area contributed by atoms with Crippen LogP contribution in [-0.4, -0.2) is 29.6 Å². The number of halogens is 1. The molecule has 0 bridgehead atoms. The second-order valence-electron chi connectivity index (χ2n) is 5.83. The minimum absolute atomic E-state index is 0.0981. The number of rotatable bonds is 4. The van der Waals surface area contributed by atoms with E-state index in [1.165, 1.54) is 0 Å². The molecule has 0 amide bonds. The van der Waals surface area contributed by atoms with Crippen molar-refractivity contribution in [2.75, 3.05) is 17.2 Å². The third-order valence-corrected chi connectivity index (χ3v) is 5.26. The molecule has 20 heavy (non-hydrogen) atoms. The van der Waals surface area contributed by atoms with E-state index < -0.39 is 0 Å². The van der Waals surface area contributed by atoms with Crippen LogP contribution in [-0.2, 0) is 6.54 Å². The van der Waals surface area contributed by atoms with E-state index in [4.69, 9.17) is 0 Å². The molecule has 2 rings (SSSR count). The Balaban J connectivity index is 2.12. The Labute approximate surface area is 126 Å². The summed E-state index contributed by atoms with van der Waals surface area (Å²) in [4.78, 5) is 2.20. The molecule has 0 radical (unpaired) electrons. The largest absolute Gasteiger partial charge is 0.365 e. The number of anilines is 1. The quantitative estimate of drug-likeness (QED) is 0.913. The molecule has 4 heteroatoms. The highest BCUT2D eigenvalue weighted by Crippen LogP contribution is 2.31. The fourth-order valence-electron chi connectivity index (χ4n) is 2.49. The molecule has 0 aliphatic carbocycles. The van der Waals surface area contributed by atoms with Crippen molar-refractivity contribution in [2.45, 2.75) is 51.6 Å². The Bertz CT molecular complexity index is 450. The molecule has 1 saturated heterocycles. The van der Waals surface area contributed by atoms with Crippen molar-refractivity contribution in [1.29, 1.82) is 0 Å². The predicted octanol–water partition coefficient (Wildman–Crippen LogP) is 3.65. The number of hydrogen-bond acceptors (Lipinski definition) is 3. The Morgan fingerprint density at radius 1 is 1.40 bits per heavy atom. The van der Waals surface area contributed by atoms with E-state index in [2.05, 4.69) is 37.9 Å². The van der Waals surface area contributed by atoms with Crippen LogP contribution >= 0.6 is 11.8 Å². The first-order valence-corrected chi connectivity index (χ1v) is 8.44. The predicted molar refractivity (Wildman–Crippen MR) is 87.1 cm³/mol. The lowest BCUT2D eigenvalue weighted by atomic mass is 10.1. The maximum absolute atomic E-state index is 14.4. The number of hydrogen-bond donors (Lipinski definition) is 1. The first kappa shape index (κ1) is 15.6. The molecule has 112 valence electrons. The third kappa shape index (κ3) is 3.67. The van der Waals surface area contributed by atoms with Gasteiger partial charge in [0.05, 0.1) is 5.69 Å². The summed E-state index contributed by atoms with van der Waals surface area (Å²) in [6.45, 7) is 10.2. The van der Waals surface area contributed by atoms with Crippen LogP contribution in [0.15, 0.2) is 18.2 Å². The summed E-state index contributed by atoms with van der Waals surface area (Å²) in [6, 6.07) is 6.43. The molecule has 1 N–H and O–H groups in total. The van der Waals surface area contributed by atoms with E-state index >= 15 is 0 Å². The average Bonchev–Trinajstić information content (AvgIpc) is 2.40. The first-order chi connectivity index (χ1) is 9.49. The molecule has 2 nitrogen and oxygen atoms in total. The van der Waals surface area contributed by atoms with Gasteiger partial charge in [0.1, 0.15) is 5.82 Å². The fourth-order valence-corrected chi connectivity index (χ4v) is 3.59. The lowest BCUT2D eigenvalue weighted by Crippen LogP contribution is -2.45. The second kappa shape index (κ2) is 6.81. The summed E-state index contributed by atoms with van der Waals surface area (Å²) in [7, 11) is 0. The molecule has 0 aromatic heterocycles. The average molecular weight is 296 g/mol. The van der Waals surface area contributed by atoms with Crippen molar-refractivity contribution in [3.05, 3.63) is 29.6 Å². The summed E-state index contributed by atoms with van der Waals surface area (Å²) >= 11 is 1.97. The summed E-state index contributed by atoms with van der Waals surface area (Å²) in [5.74, 6) is 0.973. The molecule has 2 atom stereocenters. The van der Waals surface area contributed by atoms with E-state index in [-0.39, 0.29) is 5.82 Å².